The van der Waals surface area contributed by atoms with Crippen molar-refractivity contribution in [1.82, 2.24) is 20.9 Å². The zero-order valence-corrected chi connectivity index (χ0v) is 16.9. The standard InChI is InChI=1S/C21H27FN4O4/c1-29-18-5-4-15(13-17(18)22)14-26-10-6-16(7-11-26)25-21(28)24-9-8-23-20(27)19-3-2-12-30-19/h2-5,12-13,16H,6-11,14H2,1H3,(H,23,27)(H2,24,25,28). The second-order valence-electron chi connectivity index (χ2n) is 7.15. The normalized spacial score (nSPS) is 14.9. The van der Waals surface area contributed by atoms with E-state index in [-0.39, 0.29) is 35.3 Å². The maximum atomic E-state index is 13.8. The van der Waals surface area contributed by atoms with Crippen molar-refractivity contribution < 1.29 is 23.1 Å². The van der Waals surface area contributed by atoms with Gasteiger partial charge in [0, 0.05) is 38.8 Å². The summed E-state index contributed by atoms with van der Waals surface area (Å²) in [5, 5.41) is 8.36. The molecule has 0 saturated carbocycles. The Labute approximate surface area is 174 Å². The molecule has 162 valence electrons. The topological polar surface area (TPSA) is 95.8 Å². The number of hydrogen-bond acceptors (Lipinski definition) is 5. The monoisotopic (exact) mass is 418 g/mol. The lowest BCUT2D eigenvalue weighted by Gasteiger charge is -2.32. The van der Waals surface area contributed by atoms with E-state index in [0.717, 1.165) is 31.5 Å². The molecule has 2 heterocycles. The van der Waals surface area contributed by atoms with E-state index >= 15 is 0 Å². The Morgan fingerprint density at radius 3 is 2.63 bits per heavy atom. The molecule has 0 unspecified atom stereocenters. The lowest BCUT2D eigenvalue weighted by molar-refractivity contribution is 0.0926. The zero-order chi connectivity index (χ0) is 21.3. The summed E-state index contributed by atoms with van der Waals surface area (Å²) in [6.07, 6.45) is 3.07. The Balaban J connectivity index is 1.31. The number of methoxy groups -OCH3 is 1. The van der Waals surface area contributed by atoms with Gasteiger partial charge in [-0.3, -0.25) is 9.69 Å². The van der Waals surface area contributed by atoms with Crippen LogP contribution in [0, 0.1) is 5.82 Å². The number of piperidine rings is 1. The highest BCUT2D eigenvalue weighted by atomic mass is 19.1. The molecular weight excluding hydrogens is 391 g/mol. The van der Waals surface area contributed by atoms with Crippen molar-refractivity contribution in [3.05, 3.63) is 53.7 Å². The molecule has 0 spiro atoms. The fourth-order valence-corrected chi connectivity index (χ4v) is 3.39. The molecule has 3 N–H and O–H groups in total. The Morgan fingerprint density at radius 1 is 1.20 bits per heavy atom. The van der Waals surface area contributed by atoms with Crippen LogP contribution >= 0.6 is 0 Å². The molecule has 0 bridgehead atoms. The van der Waals surface area contributed by atoms with Crippen LogP contribution in [0.3, 0.4) is 0 Å². The summed E-state index contributed by atoms with van der Waals surface area (Å²) in [4.78, 5) is 26.0. The van der Waals surface area contributed by atoms with Crippen LogP contribution in [0.15, 0.2) is 41.0 Å². The number of urea groups is 1. The molecule has 3 rings (SSSR count). The molecule has 3 amide bonds. The minimum Gasteiger partial charge on any atom is -0.494 e. The number of carbonyl (C=O) groups excluding carboxylic acids is 2. The Hall–Kier alpha value is -3.07. The molecule has 0 radical (unpaired) electrons. The highest BCUT2D eigenvalue weighted by Crippen LogP contribution is 2.20. The third kappa shape index (κ3) is 6.21. The van der Waals surface area contributed by atoms with Gasteiger partial charge in [0.25, 0.3) is 5.91 Å². The number of nitrogens with one attached hydrogen (secondary N) is 3. The van der Waals surface area contributed by atoms with E-state index in [1.165, 1.54) is 19.4 Å². The molecule has 0 atom stereocenters. The van der Waals surface area contributed by atoms with Crippen molar-refractivity contribution in [2.24, 2.45) is 0 Å². The van der Waals surface area contributed by atoms with E-state index in [1.807, 2.05) is 6.07 Å². The molecule has 2 aromatic rings. The first kappa shape index (κ1) is 21.6. The summed E-state index contributed by atoms with van der Waals surface area (Å²) in [5.74, 6) is -0.188. The fourth-order valence-electron chi connectivity index (χ4n) is 3.39. The minimum absolute atomic E-state index is 0.0894. The van der Waals surface area contributed by atoms with Gasteiger partial charge in [0.2, 0.25) is 0 Å². The van der Waals surface area contributed by atoms with Crippen LogP contribution in [-0.2, 0) is 6.54 Å². The van der Waals surface area contributed by atoms with Crippen molar-refractivity contribution in [1.29, 1.82) is 0 Å². The van der Waals surface area contributed by atoms with Gasteiger partial charge in [-0.2, -0.15) is 0 Å². The van der Waals surface area contributed by atoms with E-state index in [0.29, 0.717) is 19.6 Å². The Morgan fingerprint density at radius 2 is 1.97 bits per heavy atom. The molecule has 1 fully saturated rings. The number of furan rings is 1. The van der Waals surface area contributed by atoms with Gasteiger partial charge in [-0.15, -0.1) is 0 Å². The quantitative estimate of drug-likeness (QED) is 0.571. The molecule has 30 heavy (non-hydrogen) atoms. The first-order valence-corrected chi connectivity index (χ1v) is 9.96. The van der Waals surface area contributed by atoms with Crippen LogP contribution < -0.4 is 20.7 Å². The van der Waals surface area contributed by atoms with Gasteiger partial charge in [-0.1, -0.05) is 6.07 Å². The van der Waals surface area contributed by atoms with Crippen molar-refractivity contribution >= 4 is 11.9 Å². The van der Waals surface area contributed by atoms with Crippen LogP contribution in [-0.4, -0.2) is 56.2 Å². The van der Waals surface area contributed by atoms with Gasteiger partial charge in [0.1, 0.15) is 0 Å². The minimum atomic E-state index is -0.358. The largest absolute Gasteiger partial charge is 0.494 e. The van der Waals surface area contributed by atoms with E-state index in [4.69, 9.17) is 9.15 Å². The van der Waals surface area contributed by atoms with Gasteiger partial charge < -0.3 is 25.1 Å². The van der Waals surface area contributed by atoms with Crippen LogP contribution in [0.1, 0.15) is 29.0 Å². The zero-order valence-electron chi connectivity index (χ0n) is 16.9. The van der Waals surface area contributed by atoms with Crippen LogP contribution in [0.4, 0.5) is 9.18 Å². The van der Waals surface area contributed by atoms with Crippen LogP contribution in [0.5, 0.6) is 5.75 Å². The molecule has 1 aliphatic heterocycles. The first-order valence-electron chi connectivity index (χ1n) is 9.96. The SMILES string of the molecule is COc1ccc(CN2CCC(NC(=O)NCCNC(=O)c3ccco3)CC2)cc1F. The number of nitrogens with zero attached hydrogens (tertiary/aromatic N) is 1. The fraction of sp³-hybridized carbons (Fsp3) is 0.429. The number of benzene rings is 1. The maximum Gasteiger partial charge on any atom is 0.315 e. The third-order valence-corrected chi connectivity index (χ3v) is 4.99. The molecule has 1 saturated heterocycles. The lowest BCUT2D eigenvalue weighted by Crippen LogP contribution is -2.48. The smallest absolute Gasteiger partial charge is 0.315 e. The summed E-state index contributed by atoms with van der Waals surface area (Å²) in [7, 11) is 1.45. The van der Waals surface area contributed by atoms with E-state index in [9.17, 15) is 14.0 Å². The summed E-state index contributed by atoms with van der Waals surface area (Å²) in [6, 6.07) is 8.06. The lowest BCUT2D eigenvalue weighted by atomic mass is 10.0. The van der Waals surface area contributed by atoms with E-state index in [1.54, 1.807) is 18.2 Å². The summed E-state index contributed by atoms with van der Waals surface area (Å²) >= 11 is 0. The predicted octanol–water partition coefficient (Wildman–Crippen LogP) is 2.12. The average molecular weight is 418 g/mol. The number of carbonyl (C=O) groups is 2. The summed E-state index contributed by atoms with van der Waals surface area (Å²) in [5.41, 5.74) is 0.897. The van der Waals surface area contributed by atoms with Crippen molar-refractivity contribution in [2.75, 3.05) is 33.3 Å². The number of amides is 3. The third-order valence-electron chi connectivity index (χ3n) is 4.99. The Kier molecular flexibility index (Phi) is 7.67. The maximum absolute atomic E-state index is 13.8. The average Bonchev–Trinajstić information content (AvgIpc) is 3.28. The van der Waals surface area contributed by atoms with Gasteiger partial charge in [-0.05, 0) is 42.7 Å². The van der Waals surface area contributed by atoms with Gasteiger partial charge >= 0.3 is 6.03 Å². The van der Waals surface area contributed by atoms with Gasteiger partial charge in [0.15, 0.2) is 17.3 Å². The first-order chi connectivity index (χ1) is 14.5. The van der Waals surface area contributed by atoms with Crippen molar-refractivity contribution in [3.63, 3.8) is 0 Å². The van der Waals surface area contributed by atoms with E-state index in [2.05, 4.69) is 20.9 Å². The second kappa shape index (κ2) is 10.6. The number of halogens is 1. The van der Waals surface area contributed by atoms with Crippen LogP contribution in [0.25, 0.3) is 0 Å². The molecule has 8 nitrogen and oxygen atoms in total. The number of rotatable bonds is 8. The van der Waals surface area contributed by atoms with Crippen molar-refractivity contribution in [3.8, 4) is 5.75 Å². The number of likely N-dealkylation sites (tertiary alicyclic amines) is 1. The Bertz CT molecular complexity index is 836. The molecule has 1 aromatic heterocycles. The van der Waals surface area contributed by atoms with Gasteiger partial charge in [-0.25, -0.2) is 9.18 Å². The van der Waals surface area contributed by atoms with Crippen LogP contribution in [0.2, 0.25) is 0 Å². The highest BCUT2D eigenvalue weighted by molar-refractivity contribution is 5.91. The molecule has 0 aliphatic carbocycles. The summed E-state index contributed by atoms with van der Waals surface area (Å²) in [6.45, 7) is 2.93. The molecular formula is C21H27FN4O4. The summed E-state index contributed by atoms with van der Waals surface area (Å²) < 4.78 is 23.8. The number of ether oxygens (including phenoxy) is 1. The molecule has 1 aliphatic rings. The second-order valence-corrected chi connectivity index (χ2v) is 7.15. The number of hydrogen-bond donors (Lipinski definition) is 3. The van der Waals surface area contributed by atoms with Gasteiger partial charge in [0.05, 0.1) is 13.4 Å². The molecule has 1 aromatic carbocycles. The molecule has 9 heteroatoms. The highest BCUT2D eigenvalue weighted by Gasteiger charge is 2.21. The van der Waals surface area contributed by atoms with Crippen molar-refractivity contribution in [2.45, 2.75) is 25.4 Å². The predicted molar refractivity (Wildman–Crippen MR) is 109 cm³/mol. The van der Waals surface area contributed by atoms with E-state index < -0.39 is 0 Å².